The first-order valence-corrected chi connectivity index (χ1v) is 9.57. The number of nitrogens with one attached hydrogen (secondary N) is 1. The van der Waals surface area contributed by atoms with Crippen molar-refractivity contribution in [3.05, 3.63) is 40.9 Å². The highest BCUT2D eigenvalue weighted by Gasteiger charge is 2.18. The van der Waals surface area contributed by atoms with Crippen LogP contribution in [-0.2, 0) is 0 Å². The van der Waals surface area contributed by atoms with Gasteiger partial charge in [0.05, 0.1) is 19.9 Å². The third-order valence-corrected chi connectivity index (χ3v) is 5.77. The maximum atomic E-state index is 12.6. The van der Waals surface area contributed by atoms with Crippen LogP contribution in [-0.4, -0.2) is 31.7 Å². The van der Waals surface area contributed by atoms with Crippen LogP contribution in [0.15, 0.2) is 30.4 Å². The van der Waals surface area contributed by atoms with Crippen molar-refractivity contribution < 1.29 is 14.3 Å². The molecule has 1 aromatic heterocycles. The molecule has 0 aliphatic heterocycles. The molecule has 1 aliphatic carbocycles. The molecule has 0 saturated heterocycles. The van der Waals surface area contributed by atoms with Gasteiger partial charge in [0.15, 0.2) is 11.5 Å². The first-order chi connectivity index (χ1) is 12.6. The van der Waals surface area contributed by atoms with E-state index in [4.69, 9.17) is 9.47 Å². The summed E-state index contributed by atoms with van der Waals surface area (Å²) < 4.78 is 10.6. The van der Waals surface area contributed by atoms with Crippen molar-refractivity contribution in [2.75, 3.05) is 20.8 Å². The van der Waals surface area contributed by atoms with E-state index in [1.807, 2.05) is 25.1 Å². The molecule has 1 aliphatic rings. The zero-order chi connectivity index (χ0) is 18.5. The molecule has 1 unspecified atom stereocenters. The zero-order valence-corrected chi connectivity index (χ0v) is 16.2. The Bertz CT molecular complexity index is 813. The molecule has 6 heteroatoms. The van der Waals surface area contributed by atoms with Crippen LogP contribution in [0.3, 0.4) is 0 Å². The van der Waals surface area contributed by atoms with Gasteiger partial charge in [-0.3, -0.25) is 4.79 Å². The first kappa shape index (κ1) is 18.5. The Hall–Kier alpha value is -2.34. The number of carbonyl (C=O) groups is 1. The molecule has 1 atom stereocenters. The number of benzene rings is 1. The van der Waals surface area contributed by atoms with Crippen LogP contribution in [0.1, 0.15) is 34.6 Å². The van der Waals surface area contributed by atoms with Gasteiger partial charge in [0.1, 0.15) is 9.88 Å². The van der Waals surface area contributed by atoms with Crippen molar-refractivity contribution >= 4 is 17.2 Å². The number of methoxy groups -OCH3 is 2. The molecule has 1 N–H and O–H groups in total. The molecule has 0 spiro atoms. The number of allylic oxidation sites excluding steroid dienone is 2. The maximum absolute atomic E-state index is 12.6. The highest BCUT2D eigenvalue weighted by atomic mass is 32.1. The fraction of sp³-hybridized carbons (Fsp3) is 0.400. The molecule has 138 valence electrons. The highest BCUT2D eigenvalue weighted by molar-refractivity contribution is 7.17. The zero-order valence-electron chi connectivity index (χ0n) is 15.4. The van der Waals surface area contributed by atoms with Gasteiger partial charge < -0.3 is 14.8 Å². The normalized spacial score (nSPS) is 16.3. The molecule has 0 radical (unpaired) electrons. The molecule has 0 saturated carbocycles. The lowest BCUT2D eigenvalue weighted by Crippen LogP contribution is -2.29. The fourth-order valence-corrected chi connectivity index (χ4v) is 4.04. The van der Waals surface area contributed by atoms with Gasteiger partial charge in [-0.25, -0.2) is 4.98 Å². The second-order valence-corrected chi connectivity index (χ2v) is 7.36. The summed E-state index contributed by atoms with van der Waals surface area (Å²) in [5.41, 5.74) is 1.66. The van der Waals surface area contributed by atoms with E-state index in [1.165, 1.54) is 11.3 Å². The van der Waals surface area contributed by atoms with Crippen LogP contribution in [0.5, 0.6) is 11.5 Å². The molecular formula is C20H24N2O3S. The summed E-state index contributed by atoms with van der Waals surface area (Å²) in [6.45, 7) is 2.59. The van der Waals surface area contributed by atoms with E-state index < -0.39 is 0 Å². The average Bonchev–Trinajstić information content (AvgIpc) is 3.08. The van der Waals surface area contributed by atoms with Crippen LogP contribution in [0.4, 0.5) is 0 Å². The van der Waals surface area contributed by atoms with Crippen LogP contribution >= 0.6 is 11.3 Å². The Balaban J connectivity index is 1.74. The summed E-state index contributed by atoms with van der Waals surface area (Å²) >= 11 is 1.41. The van der Waals surface area contributed by atoms with E-state index in [-0.39, 0.29) is 5.91 Å². The summed E-state index contributed by atoms with van der Waals surface area (Å²) in [6, 6.07) is 5.66. The summed E-state index contributed by atoms with van der Waals surface area (Å²) in [4.78, 5) is 17.8. The van der Waals surface area contributed by atoms with Crippen LogP contribution in [0.2, 0.25) is 0 Å². The number of nitrogens with zero attached hydrogens (tertiary/aromatic N) is 1. The number of hydrogen-bond acceptors (Lipinski definition) is 5. The summed E-state index contributed by atoms with van der Waals surface area (Å²) in [6.07, 6.45) is 7.69. The number of carbonyl (C=O) groups excluding carboxylic acids is 1. The van der Waals surface area contributed by atoms with E-state index in [2.05, 4.69) is 22.5 Å². The third-order valence-electron chi connectivity index (χ3n) is 4.56. The molecule has 1 aromatic carbocycles. The topological polar surface area (TPSA) is 60.5 Å². The van der Waals surface area contributed by atoms with Crippen molar-refractivity contribution in [3.8, 4) is 22.1 Å². The molecule has 1 heterocycles. The molecule has 1 amide bonds. The second-order valence-electron chi connectivity index (χ2n) is 6.36. The highest BCUT2D eigenvalue weighted by Crippen LogP contribution is 2.35. The van der Waals surface area contributed by atoms with Gasteiger partial charge in [-0.2, -0.15) is 0 Å². The predicted octanol–water partition coefficient (Wildman–Crippen LogP) is 4.22. The first-order valence-electron chi connectivity index (χ1n) is 8.75. The van der Waals surface area contributed by atoms with Crippen molar-refractivity contribution in [2.24, 2.45) is 5.92 Å². The standard InChI is InChI=1S/C20H24N2O3S/c1-13-18(19(23)21-12-14-7-5-4-6-8-14)26-20(22-13)15-9-10-16(24-2)17(11-15)25-3/h4-5,9-11,14H,6-8,12H2,1-3H3,(H,21,23). The van der Waals surface area contributed by atoms with E-state index in [0.29, 0.717) is 28.8 Å². The number of rotatable bonds is 6. The Morgan fingerprint density at radius 2 is 2.08 bits per heavy atom. The van der Waals surface area contributed by atoms with E-state index in [1.54, 1.807) is 14.2 Å². The van der Waals surface area contributed by atoms with Crippen LogP contribution < -0.4 is 14.8 Å². The van der Waals surface area contributed by atoms with E-state index in [0.717, 1.165) is 35.5 Å². The average molecular weight is 372 g/mol. The minimum absolute atomic E-state index is 0.0405. The smallest absolute Gasteiger partial charge is 0.263 e. The predicted molar refractivity (Wildman–Crippen MR) is 104 cm³/mol. The molecule has 3 rings (SSSR count). The number of aromatic nitrogens is 1. The van der Waals surface area contributed by atoms with Crippen LogP contribution in [0.25, 0.3) is 10.6 Å². The minimum atomic E-state index is -0.0405. The van der Waals surface area contributed by atoms with E-state index in [9.17, 15) is 4.79 Å². The van der Waals surface area contributed by atoms with Gasteiger partial charge in [-0.1, -0.05) is 12.2 Å². The summed E-state index contributed by atoms with van der Waals surface area (Å²) in [5.74, 6) is 1.81. The summed E-state index contributed by atoms with van der Waals surface area (Å²) in [5, 5.41) is 3.87. The van der Waals surface area contributed by atoms with Gasteiger partial charge in [-0.05, 0) is 50.3 Å². The monoisotopic (exact) mass is 372 g/mol. The molecular weight excluding hydrogens is 348 g/mol. The lowest BCUT2D eigenvalue weighted by atomic mass is 9.94. The number of ether oxygens (including phenoxy) is 2. The van der Waals surface area contributed by atoms with Gasteiger partial charge in [0, 0.05) is 12.1 Å². The largest absolute Gasteiger partial charge is 0.493 e. The van der Waals surface area contributed by atoms with Crippen molar-refractivity contribution in [2.45, 2.75) is 26.2 Å². The Labute approximate surface area is 158 Å². The molecule has 0 bridgehead atoms. The van der Waals surface area contributed by atoms with Crippen molar-refractivity contribution in [1.29, 1.82) is 0 Å². The van der Waals surface area contributed by atoms with Crippen molar-refractivity contribution in [1.82, 2.24) is 10.3 Å². The Morgan fingerprint density at radius 3 is 2.77 bits per heavy atom. The van der Waals surface area contributed by atoms with Crippen LogP contribution in [0, 0.1) is 12.8 Å². The number of amides is 1. The fourth-order valence-electron chi connectivity index (χ4n) is 3.06. The molecule has 2 aromatic rings. The number of thiazole rings is 1. The lowest BCUT2D eigenvalue weighted by Gasteiger charge is -2.17. The second kappa shape index (κ2) is 8.36. The van der Waals surface area contributed by atoms with Gasteiger partial charge in [0.25, 0.3) is 5.91 Å². The summed E-state index contributed by atoms with van der Waals surface area (Å²) in [7, 11) is 3.21. The van der Waals surface area contributed by atoms with Gasteiger partial charge in [0.2, 0.25) is 0 Å². The molecule has 0 fully saturated rings. The number of hydrogen-bond donors (Lipinski definition) is 1. The lowest BCUT2D eigenvalue weighted by molar-refractivity contribution is 0.0949. The Morgan fingerprint density at radius 1 is 1.27 bits per heavy atom. The number of aryl methyl sites for hydroxylation is 1. The quantitative estimate of drug-likeness (QED) is 0.771. The molecule has 5 nitrogen and oxygen atoms in total. The maximum Gasteiger partial charge on any atom is 0.263 e. The van der Waals surface area contributed by atoms with Gasteiger partial charge in [-0.15, -0.1) is 11.3 Å². The van der Waals surface area contributed by atoms with E-state index >= 15 is 0 Å². The molecule has 26 heavy (non-hydrogen) atoms. The minimum Gasteiger partial charge on any atom is -0.493 e. The van der Waals surface area contributed by atoms with Crippen molar-refractivity contribution in [3.63, 3.8) is 0 Å². The SMILES string of the molecule is COc1ccc(-c2nc(C)c(C(=O)NCC3CC=CCC3)s2)cc1OC. The van der Waals surface area contributed by atoms with Gasteiger partial charge >= 0.3 is 0 Å². The third kappa shape index (κ3) is 4.07. The Kier molecular flexibility index (Phi) is 5.93.